The van der Waals surface area contributed by atoms with Gasteiger partial charge in [0.25, 0.3) is 5.91 Å². The summed E-state index contributed by atoms with van der Waals surface area (Å²) in [7, 11) is 3.42. The molecule has 5 heteroatoms. The number of benzene rings is 2. The van der Waals surface area contributed by atoms with Gasteiger partial charge >= 0.3 is 0 Å². The fourth-order valence-corrected chi connectivity index (χ4v) is 2.78. The first-order chi connectivity index (χ1) is 10.0. The predicted molar refractivity (Wildman–Crippen MR) is 95.7 cm³/mol. The predicted octanol–water partition coefficient (Wildman–Crippen LogP) is 4.33. The normalized spacial score (nSPS) is 10.3. The molecule has 0 saturated heterocycles. The Kier molecular flexibility index (Phi) is 5.64. The van der Waals surface area contributed by atoms with Gasteiger partial charge in [-0.3, -0.25) is 4.79 Å². The van der Waals surface area contributed by atoms with Gasteiger partial charge in [0.1, 0.15) is 5.75 Å². The van der Waals surface area contributed by atoms with Gasteiger partial charge in [-0.25, -0.2) is 0 Å². The van der Waals surface area contributed by atoms with E-state index in [2.05, 4.69) is 38.5 Å². The number of ether oxygens (including phenoxy) is 1. The van der Waals surface area contributed by atoms with Crippen molar-refractivity contribution in [3.8, 4) is 5.75 Å². The molecule has 0 fully saturated rings. The summed E-state index contributed by atoms with van der Waals surface area (Å²) in [6.45, 7) is 0.493. The van der Waals surface area contributed by atoms with Gasteiger partial charge in [-0.1, -0.05) is 15.9 Å². The van der Waals surface area contributed by atoms with Crippen LogP contribution in [0.2, 0.25) is 0 Å². The lowest BCUT2D eigenvalue weighted by Crippen LogP contribution is -2.26. The largest absolute Gasteiger partial charge is 0.496 e. The zero-order valence-corrected chi connectivity index (χ0v) is 15.5. The third kappa shape index (κ3) is 4.20. The van der Waals surface area contributed by atoms with Crippen LogP contribution in [-0.2, 0) is 6.54 Å². The van der Waals surface area contributed by atoms with Crippen LogP contribution in [0.3, 0.4) is 0 Å². The Morgan fingerprint density at radius 1 is 1.24 bits per heavy atom. The third-order valence-electron chi connectivity index (χ3n) is 3.09. The molecule has 1 amide bonds. The highest BCUT2D eigenvalue weighted by atomic mass is 127. The van der Waals surface area contributed by atoms with Gasteiger partial charge in [-0.15, -0.1) is 0 Å². The summed E-state index contributed by atoms with van der Waals surface area (Å²) in [6, 6.07) is 13.3. The minimum atomic E-state index is -0.00608. The van der Waals surface area contributed by atoms with Crippen molar-refractivity contribution < 1.29 is 9.53 Å². The quantitative estimate of drug-likeness (QED) is 0.636. The summed E-state index contributed by atoms with van der Waals surface area (Å²) in [5, 5.41) is 0. The second kappa shape index (κ2) is 7.26. The smallest absolute Gasteiger partial charge is 0.253 e. The minimum absolute atomic E-state index is 0.00608. The van der Waals surface area contributed by atoms with E-state index in [1.54, 1.807) is 19.1 Å². The number of hydrogen-bond acceptors (Lipinski definition) is 2. The maximum atomic E-state index is 12.4. The Labute approximate surface area is 146 Å². The van der Waals surface area contributed by atoms with Gasteiger partial charge in [-0.2, -0.15) is 0 Å². The lowest BCUT2D eigenvalue weighted by Gasteiger charge is -2.19. The molecule has 0 aromatic heterocycles. The Balaban J connectivity index is 2.17. The maximum absolute atomic E-state index is 12.4. The van der Waals surface area contributed by atoms with Crippen LogP contribution >= 0.6 is 38.5 Å². The summed E-state index contributed by atoms with van der Waals surface area (Å²) in [5.74, 6) is 0.772. The van der Waals surface area contributed by atoms with Crippen LogP contribution in [0.4, 0.5) is 0 Å². The first-order valence-corrected chi connectivity index (χ1v) is 8.22. The lowest BCUT2D eigenvalue weighted by atomic mass is 10.1. The summed E-state index contributed by atoms with van der Waals surface area (Å²) < 4.78 is 7.42. The maximum Gasteiger partial charge on any atom is 0.253 e. The molecule has 0 saturated carbocycles. The average Bonchev–Trinajstić information content (AvgIpc) is 2.47. The zero-order chi connectivity index (χ0) is 15.4. The van der Waals surface area contributed by atoms with Crippen molar-refractivity contribution in [2.45, 2.75) is 6.54 Å². The fourth-order valence-electron chi connectivity index (χ4n) is 2.01. The first-order valence-electron chi connectivity index (χ1n) is 6.34. The molecule has 0 atom stereocenters. The van der Waals surface area contributed by atoms with Crippen LogP contribution in [0, 0.1) is 3.57 Å². The Morgan fingerprint density at radius 3 is 2.52 bits per heavy atom. The van der Waals surface area contributed by atoms with E-state index in [-0.39, 0.29) is 5.91 Å². The second-order valence-corrected chi connectivity index (χ2v) is 6.79. The SMILES string of the molecule is COc1ccc(Br)cc1CN(C)C(=O)c1ccc(I)cc1. The molecule has 2 aromatic carbocycles. The van der Waals surface area contributed by atoms with Crippen LogP contribution in [0.1, 0.15) is 15.9 Å². The van der Waals surface area contributed by atoms with Gasteiger partial charge in [0.05, 0.1) is 7.11 Å². The topological polar surface area (TPSA) is 29.5 Å². The molecule has 0 aliphatic heterocycles. The number of nitrogens with zero attached hydrogens (tertiary/aromatic N) is 1. The monoisotopic (exact) mass is 459 g/mol. The molecule has 0 bridgehead atoms. The number of amides is 1. The van der Waals surface area contributed by atoms with Gasteiger partial charge in [0.2, 0.25) is 0 Å². The van der Waals surface area contributed by atoms with Crippen LogP contribution in [-0.4, -0.2) is 25.0 Å². The molecule has 0 unspecified atom stereocenters. The van der Waals surface area contributed by atoms with Crippen molar-refractivity contribution in [1.82, 2.24) is 4.90 Å². The number of halogens is 2. The number of hydrogen-bond donors (Lipinski definition) is 0. The van der Waals surface area contributed by atoms with Crippen molar-refractivity contribution in [3.63, 3.8) is 0 Å². The number of rotatable bonds is 4. The van der Waals surface area contributed by atoms with E-state index >= 15 is 0 Å². The Bertz CT molecular complexity index is 643. The molecule has 21 heavy (non-hydrogen) atoms. The molecule has 0 aliphatic carbocycles. The van der Waals surface area contributed by atoms with E-state index in [0.717, 1.165) is 19.4 Å². The van der Waals surface area contributed by atoms with E-state index in [0.29, 0.717) is 12.1 Å². The third-order valence-corrected chi connectivity index (χ3v) is 4.30. The molecule has 0 radical (unpaired) electrons. The van der Waals surface area contributed by atoms with Gasteiger partial charge in [0, 0.05) is 32.8 Å². The lowest BCUT2D eigenvalue weighted by molar-refractivity contribution is 0.0784. The molecule has 3 nitrogen and oxygen atoms in total. The summed E-state index contributed by atoms with van der Waals surface area (Å²) in [5.41, 5.74) is 1.65. The molecular weight excluding hydrogens is 445 g/mol. The molecule has 0 spiro atoms. The summed E-state index contributed by atoms with van der Waals surface area (Å²) in [6.07, 6.45) is 0. The molecule has 0 N–H and O–H groups in total. The highest BCUT2D eigenvalue weighted by Crippen LogP contribution is 2.24. The molecule has 0 aliphatic rings. The first kappa shape index (κ1) is 16.3. The van der Waals surface area contributed by atoms with Crippen molar-refractivity contribution in [2.75, 3.05) is 14.2 Å². The minimum Gasteiger partial charge on any atom is -0.496 e. The fraction of sp³-hybridized carbons (Fsp3) is 0.188. The van der Waals surface area contributed by atoms with Crippen molar-refractivity contribution >= 4 is 44.4 Å². The van der Waals surface area contributed by atoms with Crippen LogP contribution < -0.4 is 4.74 Å². The van der Waals surface area contributed by atoms with E-state index in [9.17, 15) is 4.79 Å². The van der Waals surface area contributed by atoms with Gasteiger partial charge in [0.15, 0.2) is 0 Å². The highest BCUT2D eigenvalue weighted by molar-refractivity contribution is 14.1. The molecule has 0 heterocycles. The Morgan fingerprint density at radius 2 is 1.90 bits per heavy atom. The van der Waals surface area contributed by atoms with Crippen LogP contribution in [0.5, 0.6) is 5.75 Å². The molecule has 2 aromatic rings. The zero-order valence-electron chi connectivity index (χ0n) is 11.8. The van der Waals surface area contributed by atoms with E-state index in [1.165, 1.54) is 0 Å². The van der Waals surface area contributed by atoms with Crippen molar-refractivity contribution in [1.29, 1.82) is 0 Å². The summed E-state index contributed by atoms with van der Waals surface area (Å²) in [4.78, 5) is 14.1. The standard InChI is InChI=1S/C16H15BrINO2/c1-19(16(20)11-3-6-14(18)7-4-11)10-12-9-13(17)5-8-15(12)21-2/h3-9H,10H2,1-2H3. The number of carbonyl (C=O) groups excluding carboxylic acids is 1. The van der Waals surface area contributed by atoms with E-state index in [1.807, 2.05) is 42.5 Å². The number of carbonyl (C=O) groups is 1. The highest BCUT2D eigenvalue weighted by Gasteiger charge is 2.14. The average molecular weight is 460 g/mol. The Hall–Kier alpha value is -1.08. The van der Waals surface area contributed by atoms with Crippen molar-refractivity contribution in [3.05, 3.63) is 61.6 Å². The molecule has 110 valence electrons. The van der Waals surface area contributed by atoms with E-state index < -0.39 is 0 Å². The molecule has 2 rings (SSSR count). The van der Waals surface area contributed by atoms with Crippen LogP contribution in [0.25, 0.3) is 0 Å². The van der Waals surface area contributed by atoms with Crippen molar-refractivity contribution in [2.24, 2.45) is 0 Å². The molecular formula is C16H15BrINO2. The second-order valence-electron chi connectivity index (χ2n) is 4.62. The van der Waals surface area contributed by atoms with Gasteiger partial charge in [-0.05, 0) is 65.1 Å². The van der Waals surface area contributed by atoms with Crippen LogP contribution in [0.15, 0.2) is 46.9 Å². The summed E-state index contributed by atoms with van der Waals surface area (Å²) >= 11 is 5.67. The van der Waals surface area contributed by atoms with E-state index in [4.69, 9.17) is 4.74 Å². The number of methoxy groups -OCH3 is 1. The van der Waals surface area contributed by atoms with Gasteiger partial charge < -0.3 is 9.64 Å².